The van der Waals surface area contributed by atoms with Gasteiger partial charge in [-0.1, -0.05) is 0 Å². The van der Waals surface area contributed by atoms with Crippen LogP contribution in [-0.4, -0.2) is 24.0 Å². The predicted octanol–water partition coefficient (Wildman–Crippen LogP) is 2.83. The number of rotatable bonds is 4. The Hall–Kier alpha value is -1.37. The molecule has 124 valence electrons. The summed E-state index contributed by atoms with van der Waals surface area (Å²) >= 11 is 1.54. The molecule has 2 aromatic rings. The van der Waals surface area contributed by atoms with Crippen molar-refractivity contribution in [2.24, 2.45) is 11.3 Å². The molecule has 3 heterocycles. The maximum Gasteiger partial charge on any atom is 0.224 e. The van der Waals surface area contributed by atoms with Crippen LogP contribution in [0.15, 0.2) is 28.2 Å². The Morgan fingerprint density at radius 3 is 3.04 bits per heavy atom. The Morgan fingerprint density at radius 1 is 1.48 bits per heavy atom. The monoisotopic (exact) mass is 353 g/mol. The Labute approximate surface area is 145 Å². The average Bonchev–Trinajstić information content (AvgIpc) is 2.96. The summed E-state index contributed by atoms with van der Waals surface area (Å²) in [5, 5.41) is 9.24. The van der Waals surface area contributed by atoms with E-state index < -0.39 is 0 Å². The molecule has 1 atom stereocenters. The van der Waals surface area contributed by atoms with Gasteiger partial charge in [-0.15, -0.1) is 23.7 Å². The van der Waals surface area contributed by atoms with Gasteiger partial charge in [0.05, 0.1) is 18.5 Å². The first-order valence-electron chi connectivity index (χ1n) is 7.74. The molecular weight excluding hydrogens is 334 g/mol. The van der Waals surface area contributed by atoms with Gasteiger partial charge in [0.15, 0.2) is 10.8 Å². The quantitative estimate of drug-likeness (QED) is 0.887. The average molecular weight is 354 g/mol. The molecule has 1 spiro atoms. The molecule has 0 radical (unpaired) electrons. The van der Waals surface area contributed by atoms with Crippen molar-refractivity contribution >= 4 is 29.7 Å². The molecule has 2 fully saturated rings. The molecule has 1 unspecified atom stereocenters. The summed E-state index contributed by atoms with van der Waals surface area (Å²) in [6.45, 7) is 2.59. The molecule has 2 aromatic heterocycles. The zero-order chi connectivity index (χ0) is 15.0. The number of piperidine rings is 1. The number of furan rings is 1. The highest BCUT2D eigenvalue weighted by atomic mass is 35.5. The lowest BCUT2D eigenvalue weighted by Crippen LogP contribution is -2.33. The topological polar surface area (TPSA) is 67.2 Å². The fourth-order valence-corrected chi connectivity index (χ4v) is 4.18. The van der Waals surface area contributed by atoms with E-state index in [0.29, 0.717) is 6.54 Å². The Balaban J connectivity index is 0.00000156. The van der Waals surface area contributed by atoms with Gasteiger partial charge >= 0.3 is 0 Å². The van der Waals surface area contributed by atoms with Crippen LogP contribution in [-0.2, 0) is 11.3 Å². The number of carbonyl (C=O) groups is 1. The summed E-state index contributed by atoms with van der Waals surface area (Å²) in [5.74, 6) is 1.17. The number of halogens is 1. The van der Waals surface area contributed by atoms with Crippen LogP contribution in [0, 0.1) is 11.3 Å². The van der Waals surface area contributed by atoms with Crippen molar-refractivity contribution in [1.82, 2.24) is 15.6 Å². The van der Waals surface area contributed by atoms with Gasteiger partial charge in [0.25, 0.3) is 0 Å². The van der Waals surface area contributed by atoms with Crippen molar-refractivity contribution in [3.63, 3.8) is 0 Å². The molecule has 5 nitrogen and oxygen atoms in total. The van der Waals surface area contributed by atoms with Crippen molar-refractivity contribution in [2.75, 3.05) is 13.1 Å². The number of hydrogen-bond donors (Lipinski definition) is 2. The largest absolute Gasteiger partial charge is 0.462 e. The summed E-state index contributed by atoms with van der Waals surface area (Å²) in [6, 6.07) is 3.75. The van der Waals surface area contributed by atoms with Gasteiger partial charge in [-0.2, -0.15) is 0 Å². The van der Waals surface area contributed by atoms with Gasteiger partial charge < -0.3 is 15.1 Å². The predicted molar refractivity (Wildman–Crippen MR) is 91.6 cm³/mol. The number of amides is 1. The normalized spacial score (nSPS) is 21.7. The Bertz CT molecular complexity index is 665. The highest BCUT2D eigenvalue weighted by Crippen LogP contribution is 2.58. The van der Waals surface area contributed by atoms with Gasteiger partial charge in [0.2, 0.25) is 5.91 Å². The third kappa shape index (κ3) is 3.29. The molecule has 0 bridgehead atoms. The summed E-state index contributed by atoms with van der Waals surface area (Å²) in [6.07, 6.45) is 4.95. The smallest absolute Gasteiger partial charge is 0.224 e. The third-order valence-electron chi connectivity index (χ3n) is 4.83. The molecule has 1 aliphatic heterocycles. The molecule has 1 saturated carbocycles. The lowest BCUT2D eigenvalue weighted by atomic mass is 9.92. The van der Waals surface area contributed by atoms with Crippen LogP contribution < -0.4 is 10.6 Å². The minimum absolute atomic E-state index is 0. The standard InChI is InChI=1S/C16H19N3O2S.ClH/c20-14(12-8-16(12)3-5-17-6-4-16)18-9-11-10-22-15(19-11)13-2-1-7-21-13;/h1-2,7,10,12,17H,3-6,8-9H2,(H,18,20);1H. The first-order valence-corrected chi connectivity index (χ1v) is 8.62. The lowest BCUT2D eigenvalue weighted by Gasteiger charge is -2.23. The Morgan fingerprint density at radius 2 is 2.30 bits per heavy atom. The van der Waals surface area contributed by atoms with E-state index in [1.165, 1.54) is 0 Å². The van der Waals surface area contributed by atoms with Crippen molar-refractivity contribution in [1.29, 1.82) is 0 Å². The molecule has 23 heavy (non-hydrogen) atoms. The van der Waals surface area contributed by atoms with Crippen molar-refractivity contribution in [3.05, 3.63) is 29.5 Å². The minimum Gasteiger partial charge on any atom is -0.462 e. The molecular formula is C16H20ClN3O2S. The van der Waals surface area contributed by atoms with Crippen LogP contribution in [0.25, 0.3) is 10.8 Å². The molecule has 7 heteroatoms. The zero-order valence-corrected chi connectivity index (χ0v) is 14.3. The fourth-order valence-electron chi connectivity index (χ4n) is 3.40. The van der Waals surface area contributed by atoms with Crippen molar-refractivity contribution in [3.8, 4) is 10.8 Å². The van der Waals surface area contributed by atoms with Gasteiger partial charge in [0.1, 0.15) is 0 Å². The van der Waals surface area contributed by atoms with E-state index in [9.17, 15) is 4.79 Å². The SMILES string of the molecule is Cl.O=C(NCc1csc(-c2ccco2)n1)C1CC12CCNCC2. The van der Waals surface area contributed by atoms with Crippen LogP contribution in [0.5, 0.6) is 0 Å². The number of carbonyl (C=O) groups excluding carboxylic acids is 1. The fraction of sp³-hybridized carbons (Fsp3) is 0.500. The second-order valence-electron chi connectivity index (χ2n) is 6.21. The highest BCUT2D eigenvalue weighted by Gasteiger charge is 2.57. The van der Waals surface area contributed by atoms with E-state index >= 15 is 0 Å². The summed E-state index contributed by atoms with van der Waals surface area (Å²) < 4.78 is 5.34. The van der Waals surface area contributed by atoms with E-state index in [1.54, 1.807) is 17.6 Å². The molecule has 2 aliphatic rings. The molecule has 0 aromatic carbocycles. The highest BCUT2D eigenvalue weighted by molar-refractivity contribution is 7.13. The van der Waals surface area contributed by atoms with E-state index in [-0.39, 0.29) is 29.6 Å². The van der Waals surface area contributed by atoms with E-state index in [2.05, 4.69) is 15.6 Å². The van der Waals surface area contributed by atoms with Crippen LogP contribution in [0.3, 0.4) is 0 Å². The summed E-state index contributed by atoms with van der Waals surface area (Å²) in [7, 11) is 0. The molecule has 1 saturated heterocycles. The minimum atomic E-state index is 0. The number of aromatic nitrogens is 1. The molecule has 4 rings (SSSR count). The van der Waals surface area contributed by atoms with Crippen LogP contribution in [0.1, 0.15) is 25.0 Å². The molecule has 1 aliphatic carbocycles. The lowest BCUT2D eigenvalue weighted by molar-refractivity contribution is -0.123. The van der Waals surface area contributed by atoms with Gasteiger partial charge in [-0.05, 0) is 49.9 Å². The van der Waals surface area contributed by atoms with Gasteiger partial charge in [0, 0.05) is 11.3 Å². The molecule has 2 N–H and O–H groups in total. The number of nitrogens with zero attached hydrogens (tertiary/aromatic N) is 1. The molecule has 1 amide bonds. The van der Waals surface area contributed by atoms with E-state index in [1.807, 2.05) is 17.5 Å². The maximum absolute atomic E-state index is 12.3. The van der Waals surface area contributed by atoms with Crippen LogP contribution in [0.4, 0.5) is 0 Å². The van der Waals surface area contributed by atoms with Gasteiger partial charge in [-0.3, -0.25) is 4.79 Å². The van der Waals surface area contributed by atoms with Gasteiger partial charge in [-0.25, -0.2) is 4.98 Å². The van der Waals surface area contributed by atoms with E-state index in [0.717, 1.165) is 48.8 Å². The van der Waals surface area contributed by atoms with Crippen molar-refractivity contribution < 1.29 is 9.21 Å². The van der Waals surface area contributed by atoms with Crippen molar-refractivity contribution in [2.45, 2.75) is 25.8 Å². The first kappa shape index (κ1) is 16.5. The first-order chi connectivity index (χ1) is 10.8. The number of thiazole rings is 1. The Kier molecular flexibility index (Phi) is 4.75. The van der Waals surface area contributed by atoms with E-state index in [4.69, 9.17) is 4.42 Å². The van der Waals surface area contributed by atoms with Crippen LogP contribution in [0.2, 0.25) is 0 Å². The second kappa shape index (κ2) is 6.63. The third-order valence-corrected chi connectivity index (χ3v) is 5.74. The van der Waals surface area contributed by atoms with Crippen LogP contribution >= 0.6 is 23.7 Å². The second-order valence-corrected chi connectivity index (χ2v) is 7.07. The summed E-state index contributed by atoms with van der Waals surface area (Å²) in [5.41, 5.74) is 1.18. The summed E-state index contributed by atoms with van der Waals surface area (Å²) in [4.78, 5) is 16.8. The maximum atomic E-state index is 12.3. The zero-order valence-electron chi connectivity index (χ0n) is 12.7. The number of nitrogens with one attached hydrogen (secondary N) is 2. The number of hydrogen-bond acceptors (Lipinski definition) is 5.